The number of hydrogen-bond acceptors (Lipinski definition) is 1. The van der Waals surface area contributed by atoms with Crippen molar-refractivity contribution in [3.05, 3.63) is 35.9 Å². The molecule has 0 bridgehead atoms. The van der Waals surface area contributed by atoms with E-state index >= 15 is 0 Å². The molecule has 0 unspecified atom stereocenters. The molecule has 0 aromatic heterocycles. The highest BCUT2D eigenvalue weighted by Gasteiger charge is 1.81. The number of hydrogen-bond donors (Lipinski definition) is 0. The predicted molar refractivity (Wildman–Crippen MR) is 46.6 cm³/mol. The second-order valence-corrected chi connectivity index (χ2v) is 2.23. The molecule has 0 saturated carbocycles. The lowest BCUT2D eigenvalue weighted by molar-refractivity contribution is -0.104. The highest BCUT2D eigenvalue weighted by Crippen LogP contribution is 1.92. The van der Waals surface area contributed by atoms with Gasteiger partial charge in [-0.05, 0) is 0 Å². The van der Waals surface area contributed by atoms with E-state index in [-0.39, 0.29) is 0 Å². The highest BCUT2D eigenvalue weighted by molar-refractivity contribution is 6.21. The molecule has 10 heavy (non-hydrogen) atoms. The van der Waals surface area contributed by atoms with Crippen molar-refractivity contribution in [2.75, 3.05) is 0 Å². The Bertz CT molecular complexity index is 175. The molecule has 0 rings (SSSR count). The number of carbonyl (C=O) groups excluding carboxylic acids is 1. The van der Waals surface area contributed by atoms with Gasteiger partial charge in [-0.25, -0.2) is 0 Å². The van der Waals surface area contributed by atoms with E-state index in [1.54, 1.807) is 6.08 Å². The third-order valence-electron chi connectivity index (χ3n) is 0.981. The van der Waals surface area contributed by atoms with Crippen LogP contribution in [0.1, 0.15) is 6.92 Å². The standard InChI is InChI=1S/C8H11BO/c1-3-8(6-10)5-4-7(2)9/h3-6H,1,9H2,2H3/b7-4+,8-5+. The summed E-state index contributed by atoms with van der Waals surface area (Å²) in [6, 6.07) is 0. The summed E-state index contributed by atoms with van der Waals surface area (Å²) in [5.74, 6) is 0. The Balaban J connectivity index is 4.26. The minimum Gasteiger partial charge on any atom is -0.298 e. The lowest BCUT2D eigenvalue weighted by Crippen LogP contribution is -1.76. The first-order valence-corrected chi connectivity index (χ1v) is 3.13. The van der Waals surface area contributed by atoms with E-state index in [1.807, 2.05) is 20.8 Å². The zero-order chi connectivity index (χ0) is 7.98. The molecule has 0 fully saturated rings. The molecular formula is C8H11BO. The van der Waals surface area contributed by atoms with Crippen LogP contribution in [0.5, 0.6) is 0 Å². The molecule has 0 amide bonds. The molecule has 0 spiro atoms. The summed E-state index contributed by atoms with van der Waals surface area (Å²) in [5.41, 5.74) is 1.78. The number of allylic oxidation sites excluding steroid dienone is 5. The van der Waals surface area contributed by atoms with Crippen LogP contribution in [0, 0.1) is 0 Å². The van der Waals surface area contributed by atoms with Gasteiger partial charge in [0.25, 0.3) is 0 Å². The van der Waals surface area contributed by atoms with Crippen LogP contribution in [0.3, 0.4) is 0 Å². The van der Waals surface area contributed by atoms with Crippen molar-refractivity contribution in [2.24, 2.45) is 0 Å². The van der Waals surface area contributed by atoms with Gasteiger partial charge >= 0.3 is 0 Å². The van der Waals surface area contributed by atoms with Gasteiger partial charge in [0.1, 0.15) is 14.1 Å². The zero-order valence-corrected chi connectivity index (χ0v) is 6.42. The largest absolute Gasteiger partial charge is 0.298 e. The van der Waals surface area contributed by atoms with Crippen LogP contribution in [0.25, 0.3) is 0 Å². The quantitative estimate of drug-likeness (QED) is 0.242. The third kappa shape index (κ3) is 3.90. The molecule has 0 aromatic carbocycles. The van der Waals surface area contributed by atoms with Gasteiger partial charge in [0, 0.05) is 5.57 Å². The summed E-state index contributed by atoms with van der Waals surface area (Å²) in [6.07, 6.45) is 5.94. The Kier molecular flexibility index (Phi) is 4.30. The van der Waals surface area contributed by atoms with Gasteiger partial charge in [0.2, 0.25) is 0 Å². The molecule has 1 nitrogen and oxygen atoms in total. The fraction of sp³-hybridized carbons (Fsp3) is 0.125. The second kappa shape index (κ2) is 4.80. The fourth-order valence-electron chi connectivity index (χ4n) is 0.418. The molecule has 0 radical (unpaired) electrons. The summed E-state index contributed by atoms with van der Waals surface area (Å²) in [6.45, 7) is 5.46. The van der Waals surface area contributed by atoms with Crippen LogP contribution in [0.2, 0.25) is 0 Å². The van der Waals surface area contributed by atoms with E-state index < -0.39 is 0 Å². The first-order valence-electron chi connectivity index (χ1n) is 3.13. The molecular weight excluding hydrogens is 123 g/mol. The minimum atomic E-state index is 0.612. The van der Waals surface area contributed by atoms with E-state index in [4.69, 9.17) is 0 Å². The first kappa shape index (κ1) is 8.95. The normalized spacial score (nSPS) is 12.9. The molecule has 0 N–H and O–H groups in total. The van der Waals surface area contributed by atoms with Gasteiger partial charge in [-0.15, -0.1) is 5.47 Å². The van der Waals surface area contributed by atoms with Crippen molar-refractivity contribution in [3.8, 4) is 0 Å². The Morgan fingerprint density at radius 3 is 2.40 bits per heavy atom. The summed E-state index contributed by atoms with van der Waals surface area (Å²) in [5, 5.41) is 0. The van der Waals surface area contributed by atoms with Crippen LogP contribution in [0.4, 0.5) is 0 Å². The van der Waals surface area contributed by atoms with Crippen molar-refractivity contribution in [3.63, 3.8) is 0 Å². The van der Waals surface area contributed by atoms with Gasteiger partial charge in [0.05, 0.1) is 0 Å². The average molecular weight is 134 g/mol. The smallest absolute Gasteiger partial charge is 0.150 e. The van der Waals surface area contributed by atoms with E-state index in [0.29, 0.717) is 5.57 Å². The summed E-state index contributed by atoms with van der Waals surface area (Å²) >= 11 is 0. The molecule has 0 atom stereocenters. The molecule has 0 aliphatic rings. The molecule has 0 heterocycles. The van der Waals surface area contributed by atoms with Crippen LogP contribution in [0.15, 0.2) is 35.9 Å². The lowest BCUT2D eigenvalue weighted by atomic mass is 9.97. The van der Waals surface area contributed by atoms with Crippen LogP contribution in [-0.4, -0.2) is 14.1 Å². The maximum absolute atomic E-state index is 10.2. The zero-order valence-electron chi connectivity index (χ0n) is 6.42. The summed E-state index contributed by atoms with van der Waals surface area (Å²) in [7, 11) is 1.97. The molecule has 0 aromatic rings. The van der Waals surface area contributed by atoms with Crippen molar-refractivity contribution in [1.82, 2.24) is 0 Å². The molecule has 0 aliphatic heterocycles. The monoisotopic (exact) mass is 134 g/mol. The Morgan fingerprint density at radius 2 is 2.10 bits per heavy atom. The van der Waals surface area contributed by atoms with Crippen molar-refractivity contribution >= 4 is 14.1 Å². The maximum Gasteiger partial charge on any atom is 0.150 e. The van der Waals surface area contributed by atoms with Gasteiger partial charge in [-0.2, -0.15) is 0 Å². The maximum atomic E-state index is 10.2. The van der Waals surface area contributed by atoms with E-state index in [0.717, 1.165) is 6.29 Å². The Morgan fingerprint density at radius 1 is 1.50 bits per heavy atom. The summed E-state index contributed by atoms with van der Waals surface area (Å²) in [4.78, 5) is 10.2. The van der Waals surface area contributed by atoms with Gasteiger partial charge in [-0.1, -0.05) is 31.7 Å². The second-order valence-electron chi connectivity index (χ2n) is 2.23. The number of carbonyl (C=O) groups is 1. The van der Waals surface area contributed by atoms with Gasteiger partial charge < -0.3 is 0 Å². The van der Waals surface area contributed by atoms with Crippen molar-refractivity contribution < 1.29 is 4.79 Å². The molecule has 0 aliphatic carbocycles. The first-order chi connectivity index (χ1) is 4.70. The lowest BCUT2D eigenvalue weighted by Gasteiger charge is -1.85. The fourth-order valence-corrected chi connectivity index (χ4v) is 0.418. The minimum absolute atomic E-state index is 0.612. The van der Waals surface area contributed by atoms with Crippen LogP contribution >= 0.6 is 0 Å². The summed E-state index contributed by atoms with van der Waals surface area (Å²) < 4.78 is 0. The van der Waals surface area contributed by atoms with Crippen molar-refractivity contribution in [2.45, 2.75) is 6.92 Å². The van der Waals surface area contributed by atoms with Crippen LogP contribution in [-0.2, 0) is 4.79 Å². The highest BCUT2D eigenvalue weighted by atomic mass is 16.1. The third-order valence-corrected chi connectivity index (χ3v) is 0.981. The Labute approximate surface area is 62.5 Å². The van der Waals surface area contributed by atoms with Gasteiger partial charge in [0.15, 0.2) is 0 Å². The number of aldehydes is 1. The average Bonchev–Trinajstić information content (AvgIpc) is 1.90. The Hall–Kier alpha value is -1.05. The topological polar surface area (TPSA) is 17.1 Å². The van der Waals surface area contributed by atoms with E-state index in [1.165, 1.54) is 11.5 Å². The van der Waals surface area contributed by atoms with Crippen LogP contribution < -0.4 is 0 Å². The SMILES string of the molecule is B/C(C)=C/C=C(\C=C)C=O. The predicted octanol–water partition coefficient (Wildman–Crippen LogP) is 0.835. The molecule has 52 valence electrons. The van der Waals surface area contributed by atoms with Crippen molar-refractivity contribution in [1.29, 1.82) is 0 Å². The van der Waals surface area contributed by atoms with E-state index in [2.05, 4.69) is 6.58 Å². The molecule has 0 saturated heterocycles. The van der Waals surface area contributed by atoms with E-state index in [9.17, 15) is 4.79 Å². The van der Waals surface area contributed by atoms with Gasteiger partial charge in [-0.3, -0.25) is 4.79 Å². The number of rotatable bonds is 3. The molecule has 2 heteroatoms.